The van der Waals surface area contributed by atoms with Crippen molar-refractivity contribution in [3.8, 4) is 12.3 Å². The molecule has 0 aliphatic carbocycles. The summed E-state index contributed by atoms with van der Waals surface area (Å²) in [5, 5.41) is 0. The summed E-state index contributed by atoms with van der Waals surface area (Å²) >= 11 is 0. The number of amides is 1. The van der Waals surface area contributed by atoms with Gasteiger partial charge in [0.25, 0.3) is 0 Å². The number of hydrogen-bond acceptors (Lipinski definition) is 4. The lowest BCUT2D eigenvalue weighted by Crippen LogP contribution is -2.27. The van der Waals surface area contributed by atoms with Gasteiger partial charge in [-0.2, -0.15) is 0 Å². The van der Waals surface area contributed by atoms with E-state index >= 15 is 0 Å². The maximum Gasteiger partial charge on any atom is 0.405 e. The number of rotatable bonds is 8. The molecule has 0 aromatic carbocycles. The van der Waals surface area contributed by atoms with Crippen molar-refractivity contribution >= 4 is 12.1 Å². The second-order valence-corrected chi connectivity index (χ2v) is 11.0. The highest BCUT2D eigenvalue weighted by atomic mass is 16.6. The fourth-order valence-electron chi connectivity index (χ4n) is 2.82. The predicted molar refractivity (Wildman–Crippen MR) is 145 cm³/mol. The molecule has 0 heterocycles. The molecule has 5 nitrogen and oxygen atoms in total. The lowest BCUT2D eigenvalue weighted by Gasteiger charge is -2.21. The smallest absolute Gasteiger partial charge is 0.405 e. The highest BCUT2D eigenvalue weighted by molar-refractivity contribution is 5.82. The Balaban J connectivity index is -0.000000524. The second kappa shape index (κ2) is 18.9. The molecule has 0 spiro atoms. The van der Waals surface area contributed by atoms with Gasteiger partial charge in [-0.25, -0.2) is 9.59 Å². The third-order valence-corrected chi connectivity index (χ3v) is 4.18. The first-order chi connectivity index (χ1) is 15.4. The fraction of sp³-hybridized carbons (Fsp3) is 0.655. The average molecular weight is 478 g/mol. The van der Waals surface area contributed by atoms with Gasteiger partial charge in [0.2, 0.25) is 0 Å². The summed E-state index contributed by atoms with van der Waals surface area (Å²) in [6.45, 7) is 21.0. The van der Waals surface area contributed by atoms with Gasteiger partial charge in [-0.15, -0.1) is 6.42 Å². The molecule has 0 aliphatic rings. The summed E-state index contributed by atoms with van der Waals surface area (Å²) in [5.74, 6) is 2.08. The minimum absolute atomic E-state index is 0.290. The minimum Gasteiger partial charge on any atom is -0.466 e. The number of carbonyl (C=O) groups excluding carboxylic acids is 2. The maximum absolute atomic E-state index is 11.0. The molecule has 1 amide bonds. The van der Waals surface area contributed by atoms with Gasteiger partial charge in [-0.3, -0.25) is 0 Å². The summed E-state index contributed by atoms with van der Waals surface area (Å²) in [7, 11) is 1.35. The van der Waals surface area contributed by atoms with E-state index in [-0.39, 0.29) is 5.97 Å². The SMILES string of the molecule is C#C/C=C(\C=C/CC(C)(C)CCC)/C=C/C(=O)OC.CC(C)(C)OC(N)=O.CCCC(C)(C)C. The molecule has 0 unspecified atom stereocenters. The lowest BCUT2D eigenvalue weighted by molar-refractivity contribution is -0.134. The van der Waals surface area contributed by atoms with Crippen molar-refractivity contribution < 1.29 is 19.1 Å². The van der Waals surface area contributed by atoms with Crippen LogP contribution in [0.5, 0.6) is 0 Å². The van der Waals surface area contributed by atoms with Crippen LogP contribution in [0.3, 0.4) is 0 Å². The van der Waals surface area contributed by atoms with Crippen LogP contribution in [0.4, 0.5) is 4.79 Å². The van der Waals surface area contributed by atoms with Crippen molar-refractivity contribution in [1.29, 1.82) is 0 Å². The van der Waals surface area contributed by atoms with Crippen LogP contribution in [0.2, 0.25) is 0 Å². The Kier molecular flexibility index (Phi) is 20.1. The van der Waals surface area contributed by atoms with Crippen molar-refractivity contribution in [2.45, 2.75) is 107 Å². The molecule has 0 atom stereocenters. The minimum atomic E-state index is -0.725. The first-order valence-corrected chi connectivity index (χ1v) is 12.0. The van der Waals surface area contributed by atoms with Crippen molar-refractivity contribution in [3.63, 3.8) is 0 Å². The van der Waals surface area contributed by atoms with Crippen molar-refractivity contribution in [3.05, 3.63) is 36.0 Å². The van der Waals surface area contributed by atoms with Crippen LogP contribution in [-0.2, 0) is 14.3 Å². The Morgan fingerprint density at radius 2 is 1.44 bits per heavy atom. The van der Waals surface area contributed by atoms with E-state index in [1.54, 1.807) is 32.9 Å². The van der Waals surface area contributed by atoms with Crippen LogP contribution in [-0.4, -0.2) is 24.8 Å². The number of ether oxygens (including phenoxy) is 2. The monoisotopic (exact) mass is 477 g/mol. The molecule has 34 heavy (non-hydrogen) atoms. The van der Waals surface area contributed by atoms with Gasteiger partial charge in [0.1, 0.15) is 5.60 Å². The van der Waals surface area contributed by atoms with E-state index in [0.29, 0.717) is 10.8 Å². The standard InChI is InChI=1S/C17H24O2.C7H16.C5H11NO2/c1-6-9-15(11-12-16(18)19-5)10-8-14-17(3,4)13-7-2;1-5-6-7(2,3)4;1-5(2,3)8-4(6)7/h1,8-12H,7,13-14H2,2-5H3;5-6H2,1-4H3;1-3H3,(H2,6,7)/b10-8-,12-11+,15-9+;;. The van der Waals surface area contributed by atoms with Gasteiger partial charge >= 0.3 is 12.1 Å². The number of allylic oxidation sites excluding steroid dienone is 5. The summed E-state index contributed by atoms with van der Waals surface area (Å²) in [6, 6.07) is 0. The molecule has 5 heteroatoms. The Labute approximate surface area is 210 Å². The molecular formula is C29H51NO4. The normalized spacial score (nSPS) is 12.2. The number of methoxy groups -OCH3 is 1. The third kappa shape index (κ3) is 31.7. The van der Waals surface area contributed by atoms with Gasteiger partial charge in [0, 0.05) is 6.08 Å². The molecule has 0 bridgehead atoms. The van der Waals surface area contributed by atoms with Gasteiger partial charge in [-0.05, 0) is 68.6 Å². The Hall–Kier alpha value is -2.48. The van der Waals surface area contributed by atoms with Crippen LogP contribution in [0.1, 0.15) is 101 Å². The topological polar surface area (TPSA) is 78.6 Å². The molecule has 0 aromatic heterocycles. The van der Waals surface area contributed by atoms with E-state index in [1.165, 1.54) is 38.9 Å². The number of nitrogens with two attached hydrogens (primary N) is 1. The van der Waals surface area contributed by atoms with Gasteiger partial charge < -0.3 is 15.2 Å². The van der Waals surface area contributed by atoms with Crippen LogP contribution < -0.4 is 5.73 Å². The summed E-state index contributed by atoms with van der Waals surface area (Å²) in [5.41, 5.74) is 5.93. The van der Waals surface area contributed by atoms with E-state index in [1.807, 2.05) is 6.08 Å². The highest BCUT2D eigenvalue weighted by Crippen LogP contribution is 2.27. The molecule has 0 aliphatic heterocycles. The quantitative estimate of drug-likeness (QED) is 0.168. The van der Waals surface area contributed by atoms with Crippen molar-refractivity contribution in [2.75, 3.05) is 7.11 Å². The molecule has 0 radical (unpaired) electrons. The molecule has 2 N–H and O–H groups in total. The molecule has 0 saturated heterocycles. The van der Waals surface area contributed by atoms with E-state index in [2.05, 4.69) is 69.9 Å². The van der Waals surface area contributed by atoms with Crippen LogP contribution >= 0.6 is 0 Å². The Bertz CT molecular complexity index is 693. The Morgan fingerprint density at radius 3 is 1.74 bits per heavy atom. The van der Waals surface area contributed by atoms with Crippen LogP contribution in [0, 0.1) is 23.2 Å². The third-order valence-electron chi connectivity index (χ3n) is 4.18. The maximum atomic E-state index is 11.0. The molecule has 0 saturated carbocycles. The number of carbonyl (C=O) groups is 2. The second-order valence-electron chi connectivity index (χ2n) is 11.0. The van der Waals surface area contributed by atoms with Gasteiger partial charge in [-0.1, -0.05) is 79.4 Å². The number of terminal acetylenes is 1. The largest absolute Gasteiger partial charge is 0.466 e. The summed E-state index contributed by atoms with van der Waals surface area (Å²) in [4.78, 5) is 21.0. The zero-order valence-electron chi connectivity index (χ0n) is 23.7. The van der Waals surface area contributed by atoms with Crippen molar-refractivity contribution in [2.24, 2.45) is 16.6 Å². The summed E-state index contributed by atoms with van der Waals surface area (Å²) in [6.07, 6.45) is 19.2. The number of hydrogen-bond donors (Lipinski definition) is 1. The van der Waals surface area contributed by atoms with Gasteiger partial charge in [0.05, 0.1) is 7.11 Å². The van der Waals surface area contributed by atoms with E-state index < -0.39 is 11.7 Å². The van der Waals surface area contributed by atoms with Gasteiger partial charge in [0.15, 0.2) is 0 Å². The van der Waals surface area contributed by atoms with E-state index in [4.69, 9.17) is 12.2 Å². The number of esters is 1. The molecular weight excluding hydrogens is 426 g/mol. The molecule has 0 fully saturated rings. The van der Waals surface area contributed by atoms with Crippen LogP contribution in [0.15, 0.2) is 36.0 Å². The highest BCUT2D eigenvalue weighted by Gasteiger charge is 2.14. The molecule has 196 valence electrons. The number of primary amides is 1. The first kappa shape index (κ1) is 36.1. The Morgan fingerprint density at radius 1 is 0.912 bits per heavy atom. The zero-order chi connectivity index (χ0) is 27.4. The van der Waals surface area contributed by atoms with E-state index in [9.17, 15) is 9.59 Å². The zero-order valence-corrected chi connectivity index (χ0v) is 23.7. The lowest BCUT2D eigenvalue weighted by atomic mass is 9.84. The summed E-state index contributed by atoms with van der Waals surface area (Å²) < 4.78 is 9.12. The molecule has 0 aromatic rings. The molecule has 0 rings (SSSR count). The average Bonchev–Trinajstić information content (AvgIpc) is 2.63. The predicted octanol–water partition coefficient (Wildman–Crippen LogP) is 7.76. The fourth-order valence-corrected chi connectivity index (χ4v) is 2.82. The van der Waals surface area contributed by atoms with Crippen molar-refractivity contribution in [1.82, 2.24) is 0 Å². The first-order valence-electron chi connectivity index (χ1n) is 12.0. The van der Waals surface area contributed by atoms with E-state index in [0.717, 1.165) is 12.0 Å². The van der Waals surface area contributed by atoms with Crippen LogP contribution in [0.25, 0.3) is 0 Å².